The maximum absolute atomic E-state index is 12.7. The second kappa shape index (κ2) is 8.33. The van der Waals surface area contributed by atoms with Crippen LogP contribution in [0.15, 0.2) is 64.4 Å². The van der Waals surface area contributed by atoms with Crippen molar-refractivity contribution in [2.75, 3.05) is 17.2 Å². The van der Waals surface area contributed by atoms with Gasteiger partial charge in [0.05, 0.1) is 11.1 Å². The van der Waals surface area contributed by atoms with Crippen molar-refractivity contribution in [1.82, 2.24) is 9.55 Å². The molecule has 0 N–H and O–H groups in total. The minimum absolute atomic E-state index is 0.0191. The van der Waals surface area contributed by atoms with Crippen LogP contribution in [0.2, 0.25) is 0 Å². The highest BCUT2D eigenvalue weighted by molar-refractivity contribution is 7.99. The van der Waals surface area contributed by atoms with Crippen molar-refractivity contribution < 1.29 is 4.79 Å². The third-order valence-electron chi connectivity index (χ3n) is 3.87. The number of anilines is 1. The van der Waals surface area contributed by atoms with Gasteiger partial charge in [0.15, 0.2) is 5.16 Å². The molecule has 2 aromatic heterocycles. The molecule has 0 atom stereocenters. The summed E-state index contributed by atoms with van der Waals surface area (Å²) in [5, 5.41) is 3.00. The molecule has 0 fully saturated rings. The predicted molar refractivity (Wildman–Crippen MR) is 109 cm³/mol. The van der Waals surface area contributed by atoms with E-state index in [2.05, 4.69) is 11.6 Å². The lowest BCUT2D eigenvalue weighted by Crippen LogP contribution is -2.32. The Hall–Kier alpha value is -2.38. The van der Waals surface area contributed by atoms with Crippen molar-refractivity contribution in [3.05, 3.63) is 64.8 Å². The highest BCUT2D eigenvalue weighted by atomic mass is 32.2. The fraction of sp³-hybridized carbons (Fsp3) is 0.211. The minimum Gasteiger partial charge on any atom is -0.312 e. The lowest BCUT2D eigenvalue weighted by Gasteiger charge is -2.21. The van der Waals surface area contributed by atoms with Gasteiger partial charge in [-0.25, -0.2) is 4.98 Å². The number of nitrogens with zero attached hydrogens (tertiary/aromatic N) is 3. The zero-order chi connectivity index (χ0) is 18.5. The number of carbonyl (C=O) groups is 1. The first kappa shape index (κ1) is 18.4. The second-order valence-corrected chi connectivity index (χ2v) is 7.34. The van der Waals surface area contributed by atoms with Crippen LogP contribution < -0.4 is 10.5 Å². The van der Waals surface area contributed by atoms with E-state index in [4.69, 9.17) is 0 Å². The van der Waals surface area contributed by atoms with Gasteiger partial charge in [-0.2, -0.15) is 0 Å². The summed E-state index contributed by atoms with van der Waals surface area (Å²) >= 11 is 2.71. The van der Waals surface area contributed by atoms with Gasteiger partial charge in [-0.1, -0.05) is 36.0 Å². The monoisotopic (exact) mass is 385 g/mol. The van der Waals surface area contributed by atoms with E-state index in [0.29, 0.717) is 28.5 Å². The lowest BCUT2D eigenvalue weighted by molar-refractivity contribution is -0.116. The number of hydrogen-bond donors (Lipinski definition) is 0. The van der Waals surface area contributed by atoms with Crippen LogP contribution in [-0.4, -0.2) is 27.8 Å². The number of thioether (sulfide) groups is 1. The van der Waals surface area contributed by atoms with E-state index < -0.39 is 0 Å². The molecule has 0 unspecified atom stereocenters. The number of thiophene rings is 1. The summed E-state index contributed by atoms with van der Waals surface area (Å²) in [7, 11) is 0. The van der Waals surface area contributed by atoms with Crippen LogP contribution in [0.5, 0.6) is 0 Å². The molecule has 0 saturated heterocycles. The maximum Gasteiger partial charge on any atom is 0.263 e. The van der Waals surface area contributed by atoms with Crippen LogP contribution in [0.25, 0.3) is 10.2 Å². The van der Waals surface area contributed by atoms with Gasteiger partial charge in [-0.3, -0.25) is 14.2 Å². The molecule has 0 aliphatic carbocycles. The average Bonchev–Trinajstić information content (AvgIpc) is 3.13. The van der Waals surface area contributed by atoms with E-state index in [-0.39, 0.29) is 17.2 Å². The van der Waals surface area contributed by atoms with E-state index in [0.717, 1.165) is 5.69 Å². The lowest BCUT2D eigenvalue weighted by atomic mass is 10.3. The zero-order valence-corrected chi connectivity index (χ0v) is 16.1. The van der Waals surface area contributed by atoms with Gasteiger partial charge in [0.1, 0.15) is 4.83 Å². The van der Waals surface area contributed by atoms with Crippen molar-refractivity contribution in [3.63, 3.8) is 0 Å². The van der Waals surface area contributed by atoms with Crippen LogP contribution in [0, 0.1) is 0 Å². The van der Waals surface area contributed by atoms with Crippen molar-refractivity contribution in [2.45, 2.75) is 18.6 Å². The third-order valence-corrected chi connectivity index (χ3v) is 5.64. The number of allylic oxidation sites excluding steroid dienone is 1. The molecule has 0 bridgehead atoms. The summed E-state index contributed by atoms with van der Waals surface area (Å²) in [5.41, 5.74) is 0.771. The smallest absolute Gasteiger partial charge is 0.263 e. The number of hydrogen-bond acceptors (Lipinski definition) is 5. The molecular formula is C19H19N3O2S2. The Bertz CT molecular complexity index is 979. The van der Waals surface area contributed by atoms with Crippen LogP contribution >= 0.6 is 23.1 Å². The summed E-state index contributed by atoms with van der Waals surface area (Å²) in [6, 6.07) is 11.3. The molecule has 2 heterocycles. The fourth-order valence-electron chi connectivity index (χ4n) is 2.65. The Balaban J connectivity index is 1.84. The first-order valence-corrected chi connectivity index (χ1v) is 10.1. The molecule has 0 spiro atoms. The summed E-state index contributed by atoms with van der Waals surface area (Å²) in [6.07, 6.45) is 1.66. The number of para-hydroxylation sites is 1. The van der Waals surface area contributed by atoms with Gasteiger partial charge < -0.3 is 4.90 Å². The van der Waals surface area contributed by atoms with Gasteiger partial charge in [-0.15, -0.1) is 17.9 Å². The third kappa shape index (κ3) is 3.73. The normalized spacial score (nSPS) is 10.8. The highest BCUT2D eigenvalue weighted by Crippen LogP contribution is 2.22. The Labute approximate surface area is 160 Å². The number of aromatic nitrogens is 2. The number of rotatable bonds is 7. The first-order chi connectivity index (χ1) is 12.7. The van der Waals surface area contributed by atoms with E-state index >= 15 is 0 Å². The highest BCUT2D eigenvalue weighted by Gasteiger charge is 2.17. The van der Waals surface area contributed by atoms with E-state index in [1.807, 2.05) is 42.6 Å². The van der Waals surface area contributed by atoms with Crippen molar-refractivity contribution in [2.24, 2.45) is 0 Å². The maximum atomic E-state index is 12.7. The first-order valence-electron chi connectivity index (χ1n) is 8.22. The zero-order valence-electron chi connectivity index (χ0n) is 14.4. The second-order valence-electron chi connectivity index (χ2n) is 5.50. The number of amides is 1. The molecule has 1 amide bonds. The van der Waals surface area contributed by atoms with Crippen LogP contribution in [-0.2, 0) is 11.3 Å². The molecule has 3 rings (SSSR count). The van der Waals surface area contributed by atoms with Crippen molar-refractivity contribution in [3.8, 4) is 0 Å². The predicted octanol–water partition coefficient (Wildman–Crippen LogP) is 3.79. The van der Waals surface area contributed by atoms with Gasteiger partial charge in [0.25, 0.3) is 5.56 Å². The van der Waals surface area contributed by atoms with Gasteiger partial charge >= 0.3 is 0 Å². The molecular weight excluding hydrogens is 366 g/mol. The van der Waals surface area contributed by atoms with E-state index in [1.165, 1.54) is 23.1 Å². The van der Waals surface area contributed by atoms with Crippen LogP contribution in [0.3, 0.4) is 0 Å². The molecule has 1 aromatic carbocycles. The average molecular weight is 386 g/mol. The number of benzene rings is 1. The SMILES string of the molecule is C=CCn1c(SCC(=O)N(CC)c2ccccc2)nc2sccc2c1=O. The Morgan fingerprint density at radius 1 is 1.35 bits per heavy atom. The Morgan fingerprint density at radius 2 is 2.12 bits per heavy atom. The van der Waals surface area contributed by atoms with E-state index in [1.54, 1.807) is 21.6 Å². The quantitative estimate of drug-likeness (QED) is 0.353. The van der Waals surface area contributed by atoms with Gasteiger partial charge in [0, 0.05) is 18.8 Å². The van der Waals surface area contributed by atoms with Gasteiger partial charge in [0.2, 0.25) is 5.91 Å². The van der Waals surface area contributed by atoms with Crippen LogP contribution in [0.1, 0.15) is 6.92 Å². The standard InChI is InChI=1S/C19H19N3O2S2/c1-3-11-22-18(24)15-10-12-25-17(15)20-19(22)26-13-16(23)21(4-2)14-8-6-5-7-9-14/h3,5-10,12H,1,4,11,13H2,2H3. The molecule has 5 nitrogen and oxygen atoms in total. The summed E-state index contributed by atoms with van der Waals surface area (Å²) in [6.45, 7) is 6.61. The largest absolute Gasteiger partial charge is 0.312 e. The summed E-state index contributed by atoms with van der Waals surface area (Å²) in [4.78, 5) is 32.3. The fourth-order valence-corrected chi connectivity index (χ4v) is 4.34. The van der Waals surface area contributed by atoms with Gasteiger partial charge in [-0.05, 0) is 30.5 Å². The molecule has 0 saturated carbocycles. The molecule has 0 aliphatic heterocycles. The number of fused-ring (bicyclic) bond motifs is 1. The van der Waals surface area contributed by atoms with Crippen LogP contribution in [0.4, 0.5) is 5.69 Å². The molecule has 7 heteroatoms. The topological polar surface area (TPSA) is 55.2 Å². The Kier molecular flexibility index (Phi) is 5.90. The number of carbonyl (C=O) groups excluding carboxylic acids is 1. The van der Waals surface area contributed by atoms with E-state index in [9.17, 15) is 9.59 Å². The van der Waals surface area contributed by atoms with Crippen molar-refractivity contribution >= 4 is 44.9 Å². The van der Waals surface area contributed by atoms with Crippen molar-refractivity contribution in [1.29, 1.82) is 0 Å². The molecule has 0 radical (unpaired) electrons. The molecule has 134 valence electrons. The Morgan fingerprint density at radius 3 is 2.81 bits per heavy atom. The molecule has 3 aromatic rings. The summed E-state index contributed by atoms with van der Waals surface area (Å²) < 4.78 is 1.57. The molecule has 26 heavy (non-hydrogen) atoms. The molecule has 0 aliphatic rings. The minimum atomic E-state index is -0.0958. The summed E-state index contributed by atoms with van der Waals surface area (Å²) in [5.74, 6) is 0.192.